The Morgan fingerprint density at radius 2 is 1.95 bits per heavy atom. The third-order valence-corrected chi connectivity index (χ3v) is 5.33. The van der Waals surface area contributed by atoms with Crippen LogP contribution in [0.2, 0.25) is 0 Å². The maximum atomic E-state index is 12.4. The Hall–Kier alpha value is -1.43. The Kier molecular flexibility index (Phi) is 3.44. The molecule has 1 aromatic rings. The number of carbonyl (C=O) groups excluding carboxylic acids is 1. The number of nitrogens with zero attached hydrogens (tertiary/aromatic N) is 1. The lowest BCUT2D eigenvalue weighted by molar-refractivity contribution is -0.156. The number of aliphatic hydroxyl groups is 1. The summed E-state index contributed by atoms with van der Waals surface area (Å²) in [4.78, 5) is 14.8. The van der Waals surface area contributed by atoms with E-state index >= 15 is 0 Å². The first-order chi connectivity index (χ1) is 10.7. The summed E-state index contributed by atoms with van der Waals surface area (Å²) in [7, 11) is 2.13. The summed E-state index contributed by atoms with van der Waals surface area (Å²) < 4.78 is 11.4. The van der Waals surface area contributed by atoms with Gasteiger partial charge in [-0.05, 0) is 12.6 Å². The Balaban J connectivity index is 1.42. The molecule has 0 radical (unpaired) electrons. The van der Waals surface area contributed by atoms with Crippen LogP contribution in [-0.2, 0) is 14.3 Å². The van der Waals surface area contributed by atoms with Gasteiger partial charge < -0.3 is 14.6 Å². The summed E-state index contributed by atoms with van der Waals surface area (Å²) in [5.41, 5.74) is 0.803. The second kappa shape index (κ2) is 5.33. The molecule has 3 heterocycles. The van der Waals surface area contributed by atoms with Crippen molar-refractivity contribution in [3.8, 4) is 0 Å². The average molecular weight is 303 g/mol. The molecule has 3 aliphatic heterocycles. The van der Waals surface area contributed by atoms with E-state index in [-0.39, 0.29) is 18.7 Å². The highest BCUT2D eigenvalue weighted by molar-refractivity contribution is 5.78. The molecule has 1 N–H and O–H groups in total. The van der Waals surface area contributed by atoms with Crippen LogP contribution < -0.4 is 0 Å². The number of carbonyl (C=O) groups is 1. The van der Waals surface area contributed by atoms with E-state index in [0.717, 1.165) is 18.4 Å². The Morgan fingerprint density at radius 3 is 2.55 bits per heavy atom. The number of morpholine rings is 1. The van der Waals surface area contributed by atoms with Crippen molar-refractivity contribution in [2.75, 3.05) is 13.7 Å². The van der Waals surface area contributed by atoms with Crippen LogP contribution in [0.15, 0.2) is 30.3 Å². The van der Waals surface area contributed by atoms with E-state index in [2.05, 4.69) is 11.9 Å². The number of likely N-dealkylation sites (N-methyl/N-ethyl adjacent to an activating group) is 1. The van der Waals surface area contributed by atoms with Crippen molar-refractivity contribution >= 4 is 5.97 Å². The van der Waals surface area contributed by atoms with Gasteiger partial charge in [-0.15, -0.1) is 0 Å². The Morgan fingerprint density at radius 1 is 1.32 bits per heavy atom. The summed E-state index contributed by atoms with van der Waals surface area (Å²) in [5.74, 6) is -0.915. The van der Waals surface area contributed by atoms with Crippen molar-refractivity contribution in [2.24, 2.45) is 0 Å². The van der Waals surface area contributed by atoms with Crippen LogP contribution in [0.3, 0.4) is 0 Å². The van der Waals surface area contributed by atoms with Crippen LogP contribution in [-0.4, -0.2) is 60.0 Å². The number of piperidine rings is 1. The Labute approximate surface area is 129 Å². The summed E-state index contributed by atoms with van der Waals surface area (Å²) >= 11 is 0. The predicted molar refractivity (Wildman–Crippen MR) is 79.4 cm³/mol. The number of fused-ring (bicyclic) bond motifs is 5. The molecular weight excluding hydrogens is 282 g/mol. The lowest BCUT2D eigenvalue weighted by atomic mass is 9.97. The quantitative estimate of drug-likeness (QED) is 0.662. The van der Waals surface area contributed by atoms with Gasteiger partial charge in [-0.2, -0.15) is 0 Å². The van der Waals surface area contributed by atoms with E-state index in [9.17, 15) is 9.90 Å². The molecule has 0 saturated carbocycles. The number of epoxide rings is 1. The van der Waals surface area contributed by atoms with Gasteiger partial charge in [-0.1, -0.05) is 30.3 Å². The highest BCUT2D eigenvalue weighted by Crippen LogP contribution is 2.48. The van der Waals surface area contributed by atoms with Gasteiger partial charge in [0.25, 0.3) is 0 Å². The molecule has 1 aromatic carbocycles. The maximum Gasteiger partial charge on any atom is 0.316 e. The number of rotatable bonds is 4. The van der Waals surface area contributed by atoms with Crippen molar-refractivity contribution in [1.29, 1.82) is 0 Å². The maximum absolute atomic E-state index is 12.4. The van der Waals surface area contributed by atoms with E-state index in [1.54, 1.807) is 0 Å². The summed E-state index contributed by atoms with van der Waals surface area (Å²) in [6.45, 7) is -0.226. The second-order valence-corrected chi connectivity index (χ2v) is 6.54. The zero-order valence-electron chi connectivity index (χ0n) is 12.6. The van der Waals surface area contributed by atoms with Crippen molar-refractivity contribution < 1.29 is 19.4 Å². The van der Waals surface area contributed by atoms with E-state index in [1.165, 1.54) is 0 Å². The lowest BCUT2D eigenvalue weighted by Crippen LogP contribution is -2.48. The number of esters is 1. The van der Waals surface area contributed by atoms with Gasteiger partial charge in [0.15, 0.2) is 0 Å². The molecule has 2 bridgehead atoms. The van der Waals surface area contributed by atoms with Gasteiger partial charge in [0.1, 0.15) is 24.2 Å². The monoisotopic (exact) mass is 303 g/mol. The van der Waals surface area contributed by atoms with Gasteiger partial charge in [0.2, 0.25) is 0 Å². The largest absolute Gasteiger partial charge is 0.462 e. The number of aliphatic hydroxyl groups excluding tert-OH is 1. The molecule has 22 heavy (non-hydrogen) atoms. The minimum absolute atomic E-state index is 0.0622. The SMILES string of the molecule is CN1[C@@H]2CC(OC(=O)[C@@H](CO)c3ccccc3)C[C@H]1[C@@H]1OC12. The molecule has 6 atom stereocenters. The minimum atomic E-state index is -0.593. The van der Waals surface area contributed by atoms with Crippen molar-refractivity contribution in [3.63, 3.8) is 0 Å². The predicted octanol–water partition coefficient (Wildman–Crippen LogP) is 0.918. The second-order valence-electron chi connectivity index (χ2n) is 6.54. The van der Waals surface area contributed by atoms with Crippen molar-refractivity contribution in [1.82, 2.24) is 4.90 Å². The normalized spacial score (nSPS) is 37.5. The van der Waals surface area contributed by atoms with E-state index in [1.807, 2.05) is 30.3 Å². The van der Waals surface area contributed by atoms with Crippen LogP contribution in [0.25, 0.3) is 0 Å². The molecule has 2 unspecified atom stereocenters. The number of benzene rings is 1. The molecule has 0 amide bonds. The highest BCUT2D eigenvalue weighted by atomic mass is 16.6. The van der Waals surface area contributed by atoms with E-state index in [0.29, 0.717) is 24.3 Å². The molecule has 0 aliphatic carbocycles. The molecule has 4 rings (SSSR count). The summed E-state index contributed by atoms with van der Waals surface area (Å²) in [6.07, 6.45) is 2.26. The zero-order valence-corrected chi connectivity index (χ0v) is 12.6. The molecular formula is C17H21NO4. The van der Waals surface area contributed by atoms with Gasteiger partial charge >= 0.3 is 5.97 Å². The van der Waals surface area contributed by atoms with Crippen LogP contribution in [0, 0.1) is 0 Å². The molecule has 5 nitrogen and oxygen atoms in total. The average Bonchev–Trinajstić information content (AvgIpc) is 3.27. The molecule has 5 heteroatoms. The first-order valence-corrected chi connectivity index (χ1v) is 7.92. The van der Waals surface area contributed by atoms with Crippen molar-refractivity contribution in [2.45, 2.75) is 49.2 Å². The van der Waals surface area contributed by atoms with Crippen LogP contribution in [0.5, 0.6) is 0 Å². The third-order valence-electron chi connectivity index (χ3n) is 5.33. The molecule has 3 fully saturated rings. The molecule has 118 valence electrons. The van der Waals surface area contributed by atoms with Gasteiger partial charge in [-0.3, -0.25) is 9.69 Å². The molecule has 0 spiro atoms. The third kappa shape index (κ3) is 2.24. The van der Waals surface area contributed by atoms with Gasteiger partial charge in [0.05, 0.1) is 6.61 Å². The lowest BCUT2D eigenvalue weighted by Gasteiger charge is -2.38. The first-order valence-electron chi connectivity index (χ1n) is 7.92. The zero-order chi connectivity index (χ0) is 15.3. The topological polar surface area (TPSA) is 62.3 Å². The minimum Gasteiger partial charge on any atom is -0.462 e. The fourth-order valence-electron chi connectivity index (χ4n) is 4.04. The smallest absolute Gasteiger partial charge is 0.316 e. The van der Waals surface area contributed by atoms with Crippen LogP contribution in [0.4, 0.5) is 0 Å². The summed E-state index contributed by atoms with van der Waals surface area (Å²) in [5, 5.41) is 9.56. The molecule has 3 aliphatic rings. The van der Waals surface area contributed by atoms with Crippen LogP contribution >= 0.6 is 0 Å². The van der Waals surface area contributed by atoms with E-state index < -0.39 is 5.92 Å². The fraction of sp³-hybridized carbons (Fsp3) is 0.588. The van der Waals surface area contributed by atoms with Crippen LogP contribution in [0.1, 0.15) is 24.3 Å². The number of hydrogen-bond donors (Lipinski definition) is 1. The number of hydrogen-bond acceptors (Lipinski definition) is 5. The highest BCUT2D eigenvalue weighted by Gasteiger charge is 2.62. The fourth-order valence-corrected chi connectivity index (χ4v) is 4.04. The van der Waals surface area contributed by atoms with E-state index in [4.69, 9.17) is 9.47 Å². The number of ether oxygens (including phenoxy) is 2. The van der Waals surface area contributed by atoms with Gasteiger partial charge in [0, 0.05) is 24.9 Å². The van der Waals surface area contributed by atoms with Gasteiger partial charge in [-0.25, -0.2) is 0 Å². The Bertz CT molecular complexity index is 545. The first kappa shape index (κ1) is 14.2. The standard InChI is InChI=1S/C17H21NO4/c1-18-13-7-11(8-14(18)16-15(13)22-16)21-17(20)12(9-19)10-5-3-2-4-6-10/h2-6,11-16,19H,7-9H2,1H3/t11?,12-,13-,14+,15-,16?/m0/s1. The molecule has 0 aromatic heterocycles. The molecule has 3 saturated heterocycles. The van der Waals surface area contributed by atoms with Crippen molar-refractivity contribution in [3.05, 3.63) is 35.9 Å². The summed E-state index contributed by atoms with van der Waals surface area (Å²) in [6, 6.07) is 10.1.